The minimum atomic E-state index is -0.0350. The Morgan fingerprint density at radius 2 is 1.74 bits per heavy atom. The lowest BCUT2D eigenvalue weighted by Gasteiger charge is -2.02. The molecule has 0 radical (unpaired) electrons. The molecule has 2 aromatic carbocycles. The molecule has 0 saturated heterocycles. The number of carbonyl (C=O) groups excluding carboxylic acids is 1. The second kappa shape index (κ2) is 7.44. The van der Waals surface area contributed by atoms with E-state index in [0.717, 1.165) is 21.0 Å². The topological polar surface area (TPSA) is 42.0 Å². The van der Waals surface area contributed by atoms with Gasteiger partial charge < -0.3 is 5.32 Å². The van der Waals surface area contributed by atoms with Crippen molar-refractivity contribution in [2.24, 2.45) is 0 Å². The van der Waals surface area contributed by atoms with E-state index in [0.29, 0.717) is 10.9 Å². The van der Waals surface area contributed by atoms with E-state index in [2.05, 4.69) is 10.3 Å². The maximum absolute atomic E-state index is 12.1. The Labute approximate surface area is 143 Å². The van der Waals surface area contributed by atoms with E-state index in [1.165, 1.54) is 23.1 Å². The lowest BCUT2D eigenvalue weighted by Crippen LogP contribution is -2.13. The summed E-state index contributed by atoms with van der Waals surface area (Å²) in [5.74, 6) is 0.343. The summed E-state index contributed by atoms with van der Waals surface area (Å²) < 4.78 is 0. The molecule has 3 aromatic rings. The molecule has 0 aliphatic rings. The number of hydrogen-bond acceptors (Lipinski definition) is 4. The smallest absolute Gasteiger partial charge is 0.236 e. The molecular formula is C18H16N2OS2. The van der Waals surface area contributed by atoms with Gasteiger partial charge >= 0.3 is 0 Å². The number of amides is 1. The van der Waals surface area contributed by atoms with Gasteiger partial charge in [0.25, 0.3) is 0 Å². The lowest BCUT2D eigenvalue weighted by atomic mass is 10.1. The van der Waals surface area contributed by atoms with Crippen LogP contribution in [0.15, 0.2) is 65.6 Å². The van der Waals surface area contributed by atoms with E-state index < -0.39 is 0 Å². The molecule has 1 N–H and O–H groups in total. The van der Waals surface area contributed by atoms with Crippen LogP contribution in [0.3, 0.4) is 0 Å². The van der Waals surface area contributed by atoms with Gasteiger partial charge in [-0.3, -0.25) is 4.79 Å². The summed E-state index contributed by atoms with van der Waals surface area (Å²) in [5.41, 5.74) is 2.00. The highest BCUT2D eigenvalue weighted by Gasteiger charge is 2.12. The van der Waals surface area contributed by atoms with Crippen LogP contribution in [0.2, 0.25) is 0 Å². The molecule has 1 amide bonds. The van der Waals surface area contributed by atoms with Crippen LogP contribution in [0.1, 0.15) is 4.88 Å². The minimum Gasteiger partial charge on any atom is -0.301 e. The summed E-state index contributed by atoms with van der Waals surface area (Å²) in [6.45, 7) is 2.02. The standard InChI is InChI=1S/C18H16N2OS2/c1-13-17(14-8-4-2-5-9-14)20-18(23-13)19-16(21)12-22-15-10-6-3-7-11-15/h2-11H,12H2,1H3,(H,19,20,21). The molecule has 0 atom stereocenters. The zero-order valence-corrected chi connectivity index (χ0v) is 14.3. The van der Waals surface area contributed by atoms with Crippen LogP contribution in [0, 0.1) is 6.92 Å². The Morgan fingerprint density at radius 1 is 1.09 bits per heavy atom. The molecule has 0 aliphatic carbocycles. The lowest BCUT2D eigenvalue weighted by molar-refractivity contribution is -0.113. The molecule has 0 spiro atoms. The summed E-state index contributed by atoms with van der Waals surface area (Å²) in [7, 11) is 0. The van der Waals surface area contributed by atoms with E-state index in [4.69, 9.17) is 0 Å². The zero-order chi connectivity index (χ0) is 16.1. The van der Waals surface area contributed by atoms with Gasteiger partial charge in [0.2, 0.25) is 5.91 Å². The molecule has 0 unspecified atom stereocenters. The van der Waals surface area contributed by atoms with Crippen LogP contribution in [0.25, 0.3) is 11.3 Å². The number of benzene rings is 2. The number of rotatable bonds is 5. The van der Waals surface area contributed by atoms with Crippen molar-refractivity contribution in [1.82, 2.24) is 4.98 Å². The number of thiazole rings is 1. The molecule has 3 nitrogen and oxygen atoms in total. The Morgan fingerprint density at radius 3 is 2.43 bits per heavy atom. The highest BCUT2D eigenvalue weighted by Crippen LogP contribution is 2.30. The minimum absolute atomic E-state index is 0.0350. The summed E-state index contributed by atoms with van der Waals surface area (Å²) in [4.78, 5) is 18.8. The number of nitrogens with zero attached hydrogens (tertiary/aromatic N) is 1. The number of carbonyl (C=O) groups is 1. The van der Waals surface area contributed by atoms with Crippen molar-refractivity contribution in [1.29, 1.82) is 0 Å². The first kappa shape index (κ1) is 15.8. The maximum Gasteiger partial charge on any atom is 0.236 e. The summed E-state index contributed by atoms with van der Waals surface area (Å²) >= 11 is 3.03. The molecule has 116 valence electrons. The Kier molecular flexibility index (Phi) is 5.10. The number of thioether (sulfide) groups is 1. The van der Waals surface area contributed by atoms with Crippen molar-refractivity contribution < 1.29 is 4.79 Å². The van der Waals surface area contributed by atoms with Gasteiger partial charge in [-0.2, -0.15) is 0 Å². The molecule has 1 heterocycles. The first-order valence-corrected chi connectivity index (χ1v) is 9.03. The third-order valence-electron chi connectivity index (χ3n) is 3.20. The van der Waals surface area contributed by atoms with Crippen molar-refractivity contribution in [2.75, 3.05) is 11.1 Å². The molecule has 0 fully saturated rings. The first-order chi connectivity index (χ1) is 11.2. The summed E-state index contributed by atoms with van der Waals surface area (Å²) in [6, 6.07) is 19.9. The predicted molar refractivity (Wildman–Crippen MR) is 98.1 cm³/mol. The Balaban J connectivity index is 1.63. The van der Waals surface area contributed by atoms with Gasteiger partial charge in [-0.1, -0.05) is 48.5 Å². The third-order valence-corrected chi connectivity index (χ3v) is 5.10. The van der Waals surface area contributed by atoms with E-state index in [9.17, 15) is 4.79 Å². The highest BCUT2D eigenvalue weighted by atomic mass is 32.2. The quantitative estimate of drug-likeness (QED) is 0.675. The van der Waals surface area contributed by atoms with Gasteiger partial charge in [-0.05, 0) is 19.1 Å². The van der Waals surface area contributed by atoms with Gasteiger partial charge in [0.05, 0.1) is 11.4 Å². The predicted octanol–water partition coefficient (Wildman–Crippen LogP) is 4.85. The van der Waals surface area contributed by atoms with Gasteiger partial charge in [0.1, 0.15) is 0 Å². The fraction of sp³-hybridized carbons (Fsp3) is 0.111. The van der Waals surface area contributed by atoms with Crippen LogP contribution >= 0.6 is 23.1 Å². The molecular weight excluding hydrogens is 324 g/mol. The molecule has 0 saturated carbocycles. The van der Waals surface area contributed by atoms with E-state index >= 15 is 0 Å². The number of aromatic nitrogens is 1. The number of aryl methyl sites for hydroxylation is 1. The zero-order valence-electron chi connectivity index (χ0n) is 12.7. The van der Waals surface area contributed by atoms with Crippen LogP contribution in [0.4, 0.5) is 5.13 Å². The Hall–Kier alpha value is -2.11. The highest BCUT2D eigenvalue weighted by molar-refractivity contribution is 8.00. The Bertz CT molecular complexity index is 785. The number of anilines is 1. The fourth-order valence-electron chi connectivity index (χ4n) is 2.13. The van der Waals surface area contributed by atoms with Crippen molar-refractivity contribution in [3.8, 4) is 11.3 Å². The largest absolute Gasteiger partial charge is 0.301 e. The maximum atomic E-state index is 12.1. The normalized spacial score (nSPS) is 10.5. The van der Waals surface area contributed by atoms with E-state index in [1.54, 1.807) is 0 Å². The molecule has 1 aromatic heterocycles. The summed E-state index contributed by atoms with van der Waals surface area (Å²) in [6.07, 6.45) is 0. The van der Waals surface area contributed by atoms with Crippen molar-refractivity contribution in [3.05, 3.63) is 65.5 Å². The molecule has 23 heavy (non-hydrogen) atoms. The average Bonchev–Trinajstić information content (AvgIpc) is 2.95. The van der Waals surface area contributed by atoms with Crippen molar-refractivity contribution in [2.45, 2.75) is 11.8 Å². The molecule has 5 heteroatoms. The second-order valence-corrected chi connectivity index (χ2v) is 7.19. The summed E-state index contributed by atoms with van der Waals surface area (Å²) in [5, 5.41) is 3.54. The average molecular weight is 340 g/mol. The van der Waals surface area contributed by atoms with Crippen LogP contribution in [-0.2, 0) is 4.79 Å². The third kappa shape index (κ3) is 4.21. The molecule has 3 rings (SSSR count). The molecule has 0 aliphatic heterocycles. The monoisotopic (exact) mass is 340 g/mol. The fourth-order valence-corrected chi connectivity index (χ4v) is 3.71. The van der Waals surface area contributed by atoms with E-state index in [1.807, 2.05) is 67.6 Å². The van der Waals surface area contributed by atoms with Crippen molar-refractivity contribution in [3.63, 3.8) is 0 Å². The second-order valence-electron chi connectivity index (χ2n) is 4.94. The van der Waals surface area contributed by atoms with Gasteiger partial charge in [0.15, 0.2) is 5.13 Å². The van der Waals surface area contributed by atoms with Crippen molar-refractivity contribution >= 4 is 34.1 Å². The number of nitrogens with one attached hydrogen (secondary N) is 1. The SMILES string of the molecule is Cc1sc(NC(=O)CSc2ccccc2)nc1-c1ccccc1. The molecule has 0 bridgehead atoms. The van der Waals surface area contributed by atoms with E-state index in [-0.39, 0.29) is 5.91 Å². The van der Waals surface area contributed by atoms with Gasteiger partial charge in [0, 0.05) is 15.3 Å². The van der Waals surface area contributed by atoms with Crippen LogP contribution in [-0.4, -0.2) is 16.6 Å². The number of hydrogen-bond donors (Lipinski definition) is 1. The first-order valence-electron chi connectivity index (χ1n) is 7.23. The van der Waals surface area contributed by atoms with Crippen LogP contribution in [0.5, 0.6) is 0 Å². The van der Waals surface area contributed by atoms with Gasteiger partial charge in [-0.25, -0.2) is 4.98 Å². The van der Waals surface area contributed by atoms with Crippen LogP contribution < -0.4 is 5.32 Å². The van der Waals surface area contributed by atoms with Gasteiger partial charge in [-0.15, -0.1) is 23.1 Å².